The Kier molecular flexibility index (Phi) is 3.53. The molecule has 2 rings (SSSR count). The molecule has 1 fully saturated rings. The average Bonchev–Trinajstić information content (AvgIpc) is 2.37. The van der Waals surface area contributed by atoms with E-state index in [4.69, 9.17) is 0 Å². The molecule has 19 heavy (non-hydrogen) atoms. The summed E-state index contributed by atoms with van der Waals surface area (Å²) in [6.07, 6.45) is 1.39. The molecule has 1 amide bonds. The number of benzene rings is 1. The second kappa shape index (κ2) is 4.97. The van der Waals surface area contributed by atoms with Gasteiger partial charge in [0.1, 0.15) is 0 Å². The van der Waals surface area contributed by atoms with Crippen LogP contribution in [0.25, 0.3) is 0 Å². The summed E-state index contributed by atoms with van der Waals surface area (Å²) in [5.41, 5.74) is -0.698. The van der Waals surface area contributed by atoms with E-state index in [-0.39, 0.29) is 23.7 Å². The van der Waals surface area contributed by atoms with Crippen molar-refractivity contribution in [3.63, 3.8) is 0 Å². The molecule has 6 heteroatoms. The van der Waals surface area contributed by atoms with Crippen LogP contribution < -0.4 is 0 Å². The molecule has 0 bridgehead atoms. The third kappa shape index (κ3) is 3.08. The van der Waals surface area contributed by atoms with Gasteiger partial charge in [-0.1, -0.05) is 6.07 Å². The summed E-state index contributed by atoms with van der Waals surface area (Å²) in [6, 6.07) is 5.67. The Morgan fingerprint density at radius 1 is 1.53 bits per heavy atom. The van der Waals surface area contributed by atoms with Crippen LogP contribution >= 0.6 is 0 Å². The number of piperidine rings is 1. The van der Waals surface area contributed by atoms with Crippen molar-refractivity contribution in [3.8, 4) is 0 Å². The Labute approximate surface area is 110 Å². The van der Waals surface area contributed by atoms with Gasteiger partial charge in [-0.25, -0.2) is 0 Å². The van der Waals surface area contributed by atoms with Crippen LogP contribution in [-0.2, 0) is 0 Å². The molecule has 102 valence electrons. The molecule has 1 unspecified atom stereocenters. The fourth-order valence-electron chi connectivity index (χ4n) is 2.33. The zero-order chi connectivity index (χ0) is 14.0. The number of carbonyl (C=O) groups is 1. The first kappa shape index (κ1) is 13.5. The molecule has 0 saturated carbocycles. The molecule has 0 radical (unpaired) electrons. The number of nitro benzene ring substituents is 1. The van der Waals surface area contributed by atoms with Crippen LogP contribution in [0.1, 0.15) is 30.1 Å². The van der Waals surface area contributed by atoms with Crippen molar-refractivity contribution < 1.29 is 14.8 Å². The highest BCUT2D eigenvalue weighted by atomic mass is 16.6. The fraction of sp³-hybridized carbons (Fsp3) is 0.462. The maximum Gasteiger partial charge on any atom is 0.270 e. The molecule has 1 aliphatic heterocycles. The van der Waals surface area contributed by atoms with E-state index in [1.165, 1.54) is 18.2 Å². The van der Waals surface area contributed by atoms with E-state index in [2.05, 4.69) is 0 Å². The number of nitro groups is 1. The van der Waals surface area contributed by atoms with Crippen molar-refractivity contribution in [1.29, 1.82) is 0 Å². The molecule has 0 aromatic heterocycles. The van der Waals surface area contributed by atoms with Crippen LogP contribution in [0.15, 0.2) is 24.3 Å². The third-order valence-corrected chi connectivity index (χ3v) is 3.27. The van der Waals surface area contributed by atoms with Crippen molar-refractivity contribution in [2.24, 2.45) is 0 Å². The lowest BCUT2D eigenvalue weighted by Gasteiger charge is -2.36. The number of carbonyl (C=O) groups excluding carboxylic acids is 1. The summed E-state index contributed by atoms with van der Waals surface area (Å²) in [7, 11) is 0. The minimum Gasteiger partial charge on any atom is -0.388 e. The van der Waals surface area contributed by atoms with Crippen molar-refractivity contribution in [2.45, 2.75) is 25.4 Å². The highest BCUT2D eigenvalue weighted by Gasteiger charge is 2.31. The first-order chi connectivity index (χ1) is 8.89. The number of nitrogens with zero attached hydrogens (tertiary/aromatic N) is 2. The van der Waals surface area contributed by atoms with Gasteiger partial charge >= 0.3 is 0 Å². The van der Waals surface area contributed by atoms with Crippen LogP contribution in [0.2, 0.25) is 0 Å². The smallest absolute Gasteiger partial charge is 0.270 e. The minimum absolute atomic E-state index is 0.102. The van der Waals surface area contributed by atoms with Crippen LogP contribution in [0.4, 0.5) is 5.69 Å². The van der Waals surface area contributed by atoms with Crippen molar-refractivity contribution >= 4 is 11.6 Å². The Balaban J connectivity index is 2.19. The zero-order valence-corrected chi connectivity index (χ0v) is 10.7. The number of non-ortho nitro benzene ring substituents is 1. The van der Waals surface area contributed by atoms with Gasteiger partial charge < -0.3 is 10.0 Å². The van der Waals surface area contributed by atoms with Crippen LogP contribution in [0.3, 0.4) is 0 Å². The maximum absolute atomic E-state index is 12.3. The fourth-order valence-corrected chi connectivity index (χ4v) is 2.33. The summed E-state index contributed by atoms with van der Waals surface area (Å²) >= 11 is 0. The normalized spacial score (nSPS) is 23.2. The highest BCUT2D eigenvalue weighted by Crippen LogP contribution is 2.22. The van der Waals surface area contributed by atoms with Crippen LogP contribution in [0.5, 0.6) is 0 Å². The quantitative estimate of drug-likeness (QED) is 0.649. The van der Waals surface area contributed by atoms with E-state index in [9.17, 15) is 20.0 Å². The second-order valence-corrected chi connectivity index (χ2v) is 5.13. The lowest BCUT2D eigenvalue weighted by molar-refractivity contribution is -0.384. The van der Waals surface area contributed by atoms with Crippen molar-refractivity contribution in [1.82, 2.24) is 4.90 Å². The summed E-state index contributed by atoms with van der Waals surface area (Å²) in [5.74, 6) is -0.274. The molecule has 1 aromatic rings. The van der Waals surface area contributed by atoms with Crippen molar-refractivity contribution in [2.75, 3.05) is 13.1 Å². The van der Waals surface area contributed by atoms with Gasteiger partial charge in [-0.3, -0.25) is 14.9 Å². The molecule has 0 spiro atoms. The monoisotopic (exact) mass is 264 g/mol. The van der Waals surface area contributed by atoms with E-state index in [1.54, 1.807) is 17.9 Å². The van der Waals surface area contributed by atoms with Crippen LogP contribution in [-0.4, -0.2) is 39.5 Å². The van der Waals surface area contributed by atoms with Gasteiger partial charge in [-0.15, -0.1) is 0 Å². The molecule has 1 atom stereocenters. The number of hydrogen-bond acceptors (Lipinski definition) is 4. The topological polar surface area (TPSA) is 83.7 Å². The highest BCUT2D eigenvalue weighted by molar-refractivity contribution is 5.95. The van der Waals surface area contributed by atoms with E-state index in [1.807, 2.05) is 0 Å². The number of hydrogen-bond donors (Lipinski definition) is 1. The molecule has 6 nitrogen and oxygen atoms in total. The van der Waals surface area contributed by atoms with Gasteiger partial charge in [0.25, 0.3) is 11.6 Å². The maximum atomic E-state index is 12.3. The van der Waals surface area contributed by atoms with Gasteiger partial charge in [0.15, 0.2) is 0 Å². The van der Waals surface area contributed by atoms with Gasteiger partial charge in [0, 0.05) is 30.8 Å². The summed E-state index contributed by atoms with van der Waals surface area (Å²) in [4.78, 5) is 24.0. The average molecular weight is 264 g/mol. The SMILES string of the molecule is CC1(O)CCCN(C(=O)c2cccc([N+](=O)[O-])c2)C1. The molecule has 1 aromatic carbocycles. The first-order valence-corrected chi connectivity index (χ1v) is 6.15. The van der Waals surface area contributed by atoms with Crippen LogP contribution in [0, 0.1) is 10.1 Å². The molecule has 1 N–H and O–H groups in total. The van der Waals surface area contributed by atoms with E-state index in [0.717, 1.165) is 6.42 Å². The molecule has 0 aliphatic carbocycles. The Bertz CT molecular complexity index is 513. The van der Waals surface area contributed by atoms with E-state index >= 15 is 0 Å². The largest absolute Gasteiger partial charge is 0.388 e. The second-order valence-electron chi connectivity index (χ2n) is 5.13. The number of likely N-dealkylation sites (tertiary alicyclic amines) is 1. The molecule has 1 heterocycles. The summed E-state index contributed by atoms with van der Waals surface area (Å²) in [6.45, 7) is 2.52. The van der Waals surface area contributed by atoms with Gasteiger partial charge in [0.05, 0.1) is 10.5 Å². The van der Waals surface area contributed by atoms with Gasteiger partial charge in [-0.05, 0) is 25.8 Å². The molecular weight excluding hydrogens is 248 g/mol. The minimum atomic E-state index is -0.880. The lowest BCUT2D eigenvalue weighted by Crippen LogP contribution is -2.48. The van der Waals surface area contributed by atoms with E-state index in [0.29, 0.717) is 13.0 Å². The van der Waals surface area contributed by atoms with Gasteiger partial charge in [0.2, 0.25) is 0 Å². The number of aliphatic hydroxyl groups is 1. The zero-order valence-electron chi connectivity index (χ0n) is 10.7. The Morgan fingerprint density at radius 2 is 2.26 bits per heavy atom. The van der Waals surface area contributed by atoms with Crippen molar-refractivity contribution in [3.05, 3.63) is 39.9 Å². The Morgan fingerprint density at radius 3 is 2.89 bits per heavy atom. The molecule has 1 aliphatic rings. The molecule has 1 saturated heterocycles. The Hall–Kier alpha value is -1.95. The third-order valence-electron chi connectivity index (χ3n) is 3.27. The lowest BCUT2D eigenvalue weighted by atomic mass is 9.94. The molecular formula is C13H16N2O4. The predicted molar refractivity (Wildman–Crippen MR) is 68.9 cm³/mol. The summed E-state index contributed by atoms with van der Waals surface area (Å²) < 4.78 is 0. The van der Waals surface area contributed by atoms with Gasteiger partial charge in [-0.2, -0.15) is 0 Å². The number of β-amino-alcohol motifs (C(OH)–C–C–N with tert-alkyl or cyclic N) is 1. The predicted octanol–water partition coefficient (Wildman–Crippen LogP) is 1.58. The standard InChI is InChI=1S/C13H16N2O4/c1-13(17)6-3-7-14(9-13)12(16)10-4-2-5-11(8-10)15(18)19/h2,4-5,8,17H,3,6-7,9H2,1H3. The number of amides is 1. The summed E-state index contributed by atoms with van der Waals surface area (Å²) in [5, 5.41) is 20.7. The van der Waals surface area contributed by atoms with E-state index < -0.39 is 10.5 Å². The first-order valence-electron chi connectivity index (χ1n) is 6.15. The number of rotatable bonds is 2.